The molecule has 0 aliphatic rings. The summed E-state index contributed by atoms with van der Waals surface area (Å²) in [6, 6.07) is 4.27. The number of anilines is 1. The molecule has 0 fully saturated rings. The van der Waals surface area contributed by atoms with Gasteiger partial charge >= 0.3 is 0 Å². The predicted octanol–water partition coefficient (Wildman–Crippen LogP) is 1.39. The Morgan fingerprint density at radius 1 is 1.50 bits per heavy atom. The van der Waals surface area contributed by atoms with Gasteiger partial charge in [-0.1, -0.05) is 0 Å². The molecule has 1 unspecified atom stereocenters. The summed E-state index contributed by atoms with van der Waals surface area (Å²) in [5.41, 5.74) is -0.579. The lowest BCUT2D eigenvalue weighted by Crippen LogP contribution is -2.47. The first-order chi connectivity index (χ1) is 8.22. The highest BCUT2D eigenvalue weighted by Gasteiger charge is 2.30. The summed E-state index contributed by atoms with van der Waals surface area (Å²) in [7, 11) is 3.54. The van der Waals surface area contributed by atoms with Crippen LogP contribution in [-0.4, -0.2) is 42.2 Å². The number of halogens is 1. The largest absolute Gasteiger partial charge is 0.379 e. The van der Waals surface area contributed by atoms with Crippen molar-refractivity contribution in [3.8, 4) is 0 Å². The Hall–Kier alpha value is -1.46. The summed E-state index contributed by atoms with van der Waals surface area (Å²) in [5.74, 6) is -0.838. The van der Waals surface area contributed by atoms with E-state index in [0.29, 0.717) is 11.3 Å². The van der Waals surface area contributed by atoms with E-state index in [1.807, 2.05) is 0 Å². The van der Waals surface area contributed by atoms with Crippen molar-refractivity contribution in [3.63, 3.8) is 0 Å². The maximum atomic E-state index is 13.1. The molecule has 1 aromatic rings. The lowest BCUT2D eigenvalue weighted by atomic mass is 10.1. The number of benzene rings is 1. The molecule has 18 heavy (non-hydrogen) atoms. The van der Waals surface area contributed by atoms with E-state index in [-0.39, 0.29) is 12.4 Å². The maximum absolute atomic E-state index is 13.1. The van der Waals surface area contributed by atoms with Gasteiger partial charge in [0.1, 0.15) is 5.82 Å². The van der Waals surface area contributed by atoms with Crippen LogP contribution in [0.15, 0.2) is 18.2 Å². The molecule has 0 bridgehead atoms. The molecular formula is C13H19FN2O2. The molecule has 1 aromatic carbocycles. The molecular weight excluding hydrogens is 234 g/mol. The van der Waals surface area contributed by atoms with Gasteiger partial charge in [-0.25, -0.2) is 4.39 Å². The third-order valence-electron chi connectivity index (χ3n) is 2.53. The molecule has 0 saturated carbocycles. The second kappa shape index (κ2) is 5.46. The summed E-state index contributed by atoms with van der Waals surface area (Å²) in [6.07, 6.45) is 0. The maximum Gasteiger partial charge on any atom is 0.257 e. The Morgan fingerprint density at radius 2 is 2.11 bits per heavy atom. The molecule has 1 rings (SSSR count). The number of rotatable bonds is 4. The molecule has 5 heteroatoms. The molecule has 0 heterocycles. The number of amides is 1. The first kappa shape index (κ1) is 14.6. The van der Waals surface area contributed by atoms with Crippen LogP contribution >= 0.6 is 0 Å². The zero-order chi connectivity index (χ0) is 13.9. The van der Waals surface area contributed by atoms with Crippen molar-refractivity contribution in [3.05, 3.63) is 29.6 Å². The van der Waals surface area contributed by atoms with E-state index in [1.54, 1.807) is 25.9 Å². The number of aryl methyl sites for hydroxylation is 1. The minimum Gasteiger partial charge on any atom is -0.379 e. The number of carbonyl (C=O) groups excluding carboxylic acids is 1. The normalized spacial score (nSPS) is 14.4. The minimum atomic E-state index is -1.49. The van der Waals surface area contributed by atoms with Gasteiger partial charge in [0.2, 0.25) is 0 Å². The topological polar surface area (TPSA) is 52.6 Å². The Kier molecular flexibility index (Phi) is 4.43. The SMILES string of the molecule is Cc1cc(NC(=O)C(C)(O)CN(C)C)ccc1[18F]. The van der Waals surface area contributed by atoms with Crippen molar-refractivity contribution in [1.82, 2.24) is 4.90 Å². The molecule has 2 N–H and O–H groups in total. The highest BCUT2D eigenvalue weighted by Crippen LogP contribution is 2.16. The summed E-state index contributed by atoms with van der Waals surface area (Å²) in [6.45, 7) is 3.26. The third-order valence-corrected chi connectivity index (χ3v) is 2.53. The fraction of sp³-hybridized carbons (Fsp3) is 0.462. The molecule has 0 saturated heterocycles. The van der Waals surface area contributed by atoms with Gasteiger partial charge in [-0.15, -0.1) is 0 Å². The first-order valence-electron chi connectivity index (χ1n) is 5.67. The lowest BCUT2D eigenvalue weighted by Gasteiger charge is -2.25. The summed E-state index contributed by atoms with van der Waals surface area (Å²) < 4.78 is 13.1. The van der Waals surface area contributed by atoms with Crippen LogP contribution in [0.2, 0.25) is 0 Å². The number of hydrogen-bond acceptors (Lipinski definition) is 3. The van der Waals surface area contributed by atoms with Gasteiger partial charge in [0.05, 0.1) is 0 Å². The molecule has 100 valence electrons. The van der Waals surface area contributed by atoms with Crippen molar-refractivity contribution in [2.75, 3.05) is 26.0 Å². The van der Waals surface area contributed by atoms with Crippen LogP contribution in [-0.2, 0) is 4.79 Å². The van der Waals surface area contributed by atoms with Gasteiger partial charge < -0.3 is 15.3 Å². The molecule has 1 atom stereocenters. The van der Waals surface area contributed by atoms with Gasteiger partial charge in [-0.3, -0.25) is 4.79 Å². The van der Waals surface area contributed by atoms with E-state index in [9.17, 15) is 14.3 Å². The minimum absolute atomic E-state index is 0.207. The smallest absolute Gasteiger partial charge is 0.257 e. The highest BCUT2D eigenvalue weighted by atomic mass is 18.2. The van der Waals surface area contributed by atoms with Crippen LogP contribution in [0.3, 0.4) is 0 Å². The van der Waals surface area contributed by atoms with Gasteiger partial charge in [0.25, 0.3) is 5.91 Å². The van der Waals surface area contributed by atoms with Crippen molar-refractivity contribution in [2.45, 2.75) is 19.4 Å². The van der Waals surface area contributed by atoms with Crippen LogP contribution in [0.1, 0.15) is 12.5 Å². The standard InChI is InChI=1S/C13H19FN2O2/c1-9-7-10(5-6-11(9)14)15-12(17)13(2,18)8-16(3)4/h5-7,18H,8H2,1-4H3,(H,15,17)/i14-1. The third kappa shape index (κ3) is 3.78. The van der Waals surface area contributed by atoms with Crippen molar-refractivity contribution in [1.29, 1.82) is 0 Å². The van der Waals surface area contributed by atoms with Gasteiger partial charge in [0, 0.05) is 12.2 Å². The predicted molar refractivity (Wildman–Crippen MR) is 68.9 cm³/mol. The van der Waals surface area contributed by atoms with Gasteiger partial charge in [-0.05, 0) is 51.7 Å². The second-order valence-electron chi connectivity index (χ2n) is 4.93. The van der Waals surface area contributed by atoms with E-state index in [1.165, 1.54) is 25.1 Å². The molecule has 0 aliphatic heterocycles. The molecule has 0 radical (unpaired) electrons. The monoisotopic (exact) mass is 253 g/mol. The first-order valence-corrected chi connectivity index (χ1v) is 5.67. The molecule has 0 aromatic heterocycles. The zero-order valence-corrected chi connectivity index (χ0v) is 11.1. The van der Waals surface area contributed by atoms with E-state index >= 15 is 0 Å². The van der Waals surface area contributed by atoms with Gasteiger partial charge in [-0.2, -0.15) is 0 Å². The fourth-order valence-electron chi connectivity index (χ4n) is 1.68. The van der Waals surface area contributed by atoms with E-state index in [0.717, 1.165) is 0 Å². The number of nitrogens with one attached hydrogen (secondary N) is 1. The van der Waals surface area contributed by atoms with E-state index in [4.69, 9.17) is 0 Å². The van der Waals surface area contributed by atoms with Crippen LogP contribution in [0, 0.1) is 12.7 Å². The summed E-state index contributed by atoms with van der Waals surface area (Å²) in [4.78, 5) is 13.6. The Morgan fingerprint density at radius 3 is 2.61 bits per heavy atom. The van der Waals surface area contributed by atoms with Crippen molar-refractivity contribution < 1.29 is 14.3 Å². The lowest BCUT2D eigenvalue weighted by molar-refractivity contribution is -0.133. The number of hydrogen-bond donors (Lipinski definition) is 2. The van der Waals surface area contributed by atoms with Gasteiger partial charge in [0.15, 0.2) is 5.60 Å². The molecule has 0 spiro atoms. The fourth-order valence-corrected chi connectivity index (χ4v) is 1.68. The average Bonchev–Trinajstić information content (AvgIpc) is 2.21. The number of nitrogens with zero attached hydrogens (tertiary/aromatic N) is 1. The Labute approximate surface area is 106 Å². The van der Waals surface area contributed by atoms with Crippen LogP contribution in [0.5, 0.6) is 0 Å². The van der Waals surface area contributed by atoms with Crippen molar-refractivity contribution in [2.24, 2.45) is 0 Å². The van der Waals surface area contributed by atoms with Crippen LogP contribution < -0.4 is 5.32 Å². The number of aliphatic hydroxyl groups is 1. The van der Waals surface area contributed by atoms with E-state index < -0.39 is 11.5 Å². The highest BCUT2D eigenvalue weighted by molar-refractivity contribution is 5.97. The molecule has 0 aliphatic carbocycles. The summed E-state index contributed by atoms with van der Waals surface area (Å²) >= 11 is 0. The molecule has 1 amide bonds. The second-order valence-corrected chi connectivity index (χ2v) is 4.93. The Bertz CT molecular complexity index is 445. The Balaban J connectivity index is 2.77. The molecule has 4 nitrogen and oxygen atoms in total. The van der Waals surface area contributed by atoms with Crippen molar-refractivity contribution >= 4 is 11.6 Å². The van der Waals surface area contributed by atoms with Crippen LogP contribution in [0.25, 0.3) is 0 Å². The average molecular weight is 253 g/mol. The van der Waals surface area contributed by atoms with Crippen LogP contribution in [0.4, 0.5) is 10.1 Å². The quantitative estimate of drug-likeness (QED) is 0.852. The van der Waals surface area contributed by atoms with E-state index in [2.05, 4.69) is 5.32 Å². The summed E-state index contributed by atoms with van der Waals surface area (Å²) in [5, 5.41) is 12.6. The number of carbonyl (C=O) groups is 1. The number of likely N-dealkylation sites (N-methyl/N-ethyl adjacent to an activating group) is 1. The zero-order valence-electron chi connectivity index (χ0n) is 11.1.